The van der Waals surface area contributed by atoms with Gasteiger partial charge < -0.3 is 11.1 Å². The second-order valence-electron chi connectivity index (χ2n) is 4.15. The normalized spacial score (nSPS) is 10.7. The van der Waals surface area contributed by atoms with E-state index in [9.17, 15) is 4.79 Å². The van der Waals surface area contributed by atoms with Gasteiger partial charge in [0.15, 0.2) is 0 Å². The summed E-state index contributed by atoms with van der Waals surface area (Å²) in [6, 6.07) is 5.08. The average molecular weight is 270 g/mol. The SMILES string of the molecule is CCCN(CC)CC(=O)Nc1ccc(Cl)c(N)c1. The van der Waals surface area contributed by atoms with E-state index in [1.807, 2.05) is 6.92 Å². The minimum atomic E-state index is -0.0352. The summed E-state index contributed by atoms with van der Waals surface area (Å²) in [4.78, 5) is 13.9. The molecule has 0 aliphatic heterocycles. The molecule has 4 nitrogen and oxygen atoms in total. The number of nitrogens with one attached hydrogen (secondary N) is 1. The molecule has 1 amide bonds. The van der Waals surface area contributed by atoms with Crippen LogP contribution in [0.3, 0.4) is 0 Å². The molecule has 0 aromatic heterocycles. The number of nitrogens with two attached hydrogens (primary N) is 1. The van der Waals surface area contributed by atoms with Gasteiger partial charge in [-0.1, -0.05) is 25.4 Å². The van der Waals surface area contributed by atoms with Crippen LogP contribution in [0.5, 0.6) is 0 Å². The van der Waals surface area contributed by atoms with Crippen LogP contribution in [0.4, 0.5) is 11.4 Å². The van der Waals surface area contributed by atoms with Gasteiger partial charge in [-0.3, -0.25) is 9.69 Å². The molecule has 0 atom stereocenters. The molecule has 0 aliphatic carbocycles. The molecule has 0 saturated carbocycles. The summed E-state index contributed by atoms with van der Waals surface area (Å²) < 4.78 is 0. The van der Waals surface area contributed by atoms with E-state index in [0.717, 1.165) is 19.5 Å². The number of hydrogen-bond acceptors (Lipinski definition) is 3. The van der Waals surface area contributed by atoms with E-state index in [1.54, 1.807) is 18.2 Å². The van der Waals surface area contributed by atoms with Crippen molar-refractivity contribution in [2.75, 3.05) is 30.7 Å². The molecule has 3 N–H and O–H groups in total. The maximum absolute atomic E-state index is 11.8. The number of carbonyl (C=O) groups is 1. The van der Waals surface area contributed by atoms with Crippen molar-refractivity contribution in [1.29, 1.82) is 0 Å². The van der Waals surface area contributed by atoms with E-state index < -0.39 is 0 Å². The number of anilines is 2. The highest BCUT2D eigenvalue weighted by Crippen LogP contribution is 2.22. The van der Waals surface area contributed by atoms with Gasteiger partial charge in [0, 0.05) is 5.69 Å². The summed E-state index contributed by atoms with van der Waals surface area (Å²) in [5.74, 6) is -0.0352. The van der Waals surface area contributed by atoms with Crippen molar-refractivity contribution in [2.45, 2.75) is 20.3 Å². The molecule has 0 radical (unpaired) electrons. The zero-order valence-electron chi connectivity index (χ0n) is 10.9. The molecule has 0 spiro atoms. The van der Waals surface area contributed by atoms with Crippen LogP contribution in [0.2, 0.25) is 5.02 Å². The van der Waals surface area contributed by atoms with Gasteiger partial charge in [-0.2, -0.15) is 0 Å². The summed E-state index contributed by atoms with van der Waals surface area (Å²) in [5.41, 5.74) is 6.82. The van der Waals surface area contributed by atoms with Gasteiger partial charge >= 0.3 is 0 Å². The highest BCUT2D eigenvalue weighted by Gasteiger charge is 2.08. The molecule has 18 heavy (non-hydrogen) atoms. The Morgan fingerprint density at radius 2 is 2.17 bits per heavy atom. The summed E-state index contributed by atoms with van der Waals surface area (Å²) in [6.45, 7) is 6.33. The zero-order valence-corrected chi connectivity index (χ0v) is 11.6. The summed E-state index contributed by atoms with van der Waals surface area (Å²) in [7, 11) is 0. The van der Waals surface area contributed by atoms with Gasteiger partial charge in [0.25, 0.3) is 0 Å². The molecule has 0 aliphatic rings. The van der Waals surface area contributed by atoms with Crippen molar-refractivity contribution in [3.8, 4) is 0 Å². The average Bonchev–Trinajstić information content (AvgIpc) is 2.33. The van der Waals surface area contributed by atoms with Crippen molar-refractivity contribution in [1.82, 2.24) is 4.90 Å². The fraction of sp³-hybridized carbons (Fsp3) is 0.462. The highest BCUT2D eigenvalue weighted by molar-refractivity contribution is 6.33. The molecule has 0 heterocycles. The van der Waals surface area contributed by atoms with E-state index in [1.165, 1.54) is 0 Å². The predicted octanol–water partition coefficient (Wildman–Crippen LogP) is 2.59. The van der Waals surface area contributed by atoms with Crippen LogP contribution < -0.4 is 11.1 Å². The first kappa shape index (κ1) is 14.8. The van der Waals surface area contributed by atoms with Crippen molar-refractivity contribution >= 4 is 28.9 Å². The number of nitrogen functional groups attached to an aromatic ring is 1. The first-order valence-electron chi connectivity index (χ1n) is 6.14. The van der Waals surface area contributed by atoms with E-state index in [0.29, 0.717) is 22.9 Å². The first-order chi connectivity index (χ1) is 8.56. The topological polar surface area (TPSA) is 58.4 Å². The maximum atomic E-state index is 11.8. The molecule has 1 aromatic rings. The van der Waals surface area contributed by atoms with Crippen LogP contribution in [0.15, 0.2) is 18.2 Å². The van der Waals surface area contributed by atoms with Gasteiger partial charge in [0.05, 0.1) is 17.3 Å². The Labute approximate surface area is 113 Å². The molecular weight excluding hydrogens is 250 g/mol. The molecule has 100 valence electrons. The van der Waals surface area contributed by atoms with Gasteiger partial charge in [-0.25, -0.2) is 0 Å². The van der Waals surface area contributed by atoms with Crippen molar-refractivity contribution < 1.29 is 4.79 Å². The number of rotatable bonds is 6. The van der Waals surface area contributed by atoms with Gasteiger partial charge in [-0.15, -0.1) is 0 Å². The largest absolute Gasteiger partial charge is 0.397 e. The Bertz CT molecular complexity index is 409. The smallest absolute Gasteiger partial charge is 0.238 e. The third kappa shape index (κ3) is 4.55. The number of nitrogens with zero attached hydrogens (tertiary/aromatic N) is 1. The quantitative estimate of drug-likeness (QED) is 0.781. The summed E-state index contributed by atoms with van der Waals surface area (Å²) in [6.07, 6.45) is 1.04. The number of likely N-dealkylation sites (N-methyl/N-ethyl adjacent to an activating group) is 1. The number of halogens is 1. The standard InChI is InChI=1S/C13H20ClN3O/c1-3-7-17(4-2)9-13(18)16-10-5-6-11(14)12(15)8-10/h5-6,8H,3-4,7,9,15H2,1-2H3,(H,16,18). The van der Waals surface area contributed by atoms with E-state index >= 15 is 0 Å². The number of benzene rings is 1. The van der Waals surface area contributed by atoms with E-state index in [-0.39, 0.29) is 5.91 Å². The number of amides is 1. The molecule has 1 rings (SSSR count). The lowest BCUT2D eigenvalue weighted by Crippen LogP contribution is -2.33. The highest BCUT2D eigenvalue weighted by atomic mass is 35.5. The maximum Gasteiger partial charge on any atom is 0.238 e. The van der Waals surface area contributed by atoms with Crippen molar-refractivity contribution in [2.24, 2.45) is 0 Å². The van der Waals surface area contributed by atoms with Crippen LogP contribution in [0.1, 0.15) is 20.3 Å². The van der Waals surface area contributed by atoms with E-state index in [2.05, 4.69) is 17.1 Å². The lowest BCUT2D eigenvalue weighted by Gasteiger charge is -2.18. The van der Waals surface area contributed by atoms with Gasteiger partial charge in [0.1, 0.15) is 0 Å². The zero-order chi connectivity index (χ0) is 13.5. The molecule has 0 unspecified atom stereocenters. The third-order valence-electron chi connectivity index (χ3n) is 2.63. The Hall–Kier alpha value is -1.26. The van der Waals surface area contributed by atoms with Crippen LogP contribution >= 0.6 is 11.6 Å². The lowest BCUT2D eigenvalue weighted by molar-refractivity contribution is -0.117. The molecule has 0 saturated heterocycles. The van der Waals surface area contributed by atoms with Crippen LogP contribution in [-0.2, 0) is 4.79 Å². The van der Waals surface area contributed by atoms with Crippen molar-refractivity contribution in [3.63, 3.8) is 0 Å². The minimum absolute atomic E-state index is 0.0352. The Morgan fingerprint density at radius 3 is 2.72 bits per heavy atom. The Kier molecular flexibility index (Phi) is 5.95. The monoisotopic (exact) mass is 269 g/mol. The second-order valence-corrected chi connectivity index (χ2v) is 4.56. The molecule has 0 fully saturated rings. The molecule has 1 aromatic carbocycles. The fourth-order valence-corrected chi connectivity index (χ4v) is 1.81. The van der Waals surface area contributed by atoms with E-state index in [4.69, 9.17) is 17.3 Å². The van der Waals surface area contributed by atoms with Crippen LogP contribution in [-0.4, -0.2) is 30.4 Å². The number of carbonyl (C=O) groups excluding carboxylic acids is 1. The Balaban J connectivity index is 2.55. The first-order valence-corrected chi connectivity index (χ1v) is 6.51. The van der Waals surface area contributed by atoms with Crippen molar-refractivity contribution in [3.05, 3.63) is 23.2 Å². The molecule has 5 heteroatoms. The predicted molar refractivity (Wildman–Crippen MR) is 76.9 cm³/mol. The Morgan fingerprint density at radius 1 is 1.44 bits per heavy atom. The molecular formula is C13H20ClN3O. The summed E-state index contributed by atoms with van der Waals surface area (Å²) >= 11 is 5.82. The van der Waals surface area contributed by atoms with Crippen LogP contribution in [0.25, 0.3) is 0 Å². The summed E-state index contributed by atoms with van der Waals surface area (Å²) in [5, 5.41) is 3.31. The second kappa shape index (κ2) is 7.24. The van der Waals surface area contributed by atoms with Gasteiger partial charge in [0.2, 0.25) is 5.91 Å². The lowest BCUT2D eigenvalue weighted by atomic mass is 10.3. The fourth-order valence-electron chi connectivity index (χ4n) is 1.69. The number of hydrogen-bond donors (Lipinski definition) is 2. The minimum Gasteiger partial charge on any atom is -0.397 e. The van der Waals surface area contributed by atoms with Gasteiger partial charge in [-0.05, 0) is 37.7 Å². The molecule has 0 bridgehead atoms. The third-order valence-corrected chi connectivity index (χ3v) is 2.98. The van der Waals surface area contributed by atoms with Crippen LogP contribution in [0, 0.1) is 0 Å².